The molecule has 0 N–H and O–H groups in total. The zero-order valence-electron chi connectivity index (χ0n) is 20.1. The maximum Gasteiger partial charge on any atom is 0.0639 e. The van der Waals surface area contributed by atoms with Crippen molar-refractivity contribution in [1.82, 2.24) is 0 Å². The summed E-state index contributed by atoms with van der Waals surface area (Å²) >= 11 is 0. The Labute approximate surface area is 205 Å². The number of unbranched alkanes of at least 4 members (excludes halogenated alkanes) is 3. The van der Waals surface area contributed by atoms with Crippen LogP contribution in [0.3, 0.4) is 0 Å². The average molecular weight is 473 g/mol. The van der Waals surface area contributed by atoms with Crippen molar-refractivity contribution in [2.75, 3.05) is 0 Å². The van der Waals surface area contributed by atoms with Gasteiger partial charge in [0, 0.05) is 16.5 Å². The fourth-order valence-corrected chi connectivity index (χ4v) is 3.24. The van der Waals surface area contributed by atoms with E-state index in [-0.39, 0.29) is 16.5 Å². The zero-order chi connectivity index (χ0) is 22.3. The topological polar surface area (TPSA) is 24.7 Å². The van der Waals surface area contributed by atoms with Gasteiger partial charge in [0.25, 0.3) is 0 Å². The predicted molar refractivity (Wildman–Crippen MR) is 140 cm³/mol. The summed E-state index contributed by atoms with van der Waals surface area (Å²) in [6, 6.07) is 16.9. The van der Waals surface area contributed by atoms with E-state index in [0.29, 0.717) is 0 Å². The minimum absolute atomic E-state index is 0. The quantitative estimate of drug-likeness (QED) is 0.217. The maximum absolute atomic E-state index is 5.00. The Morgan fingerprint density at radius 3 is 1.78 bits per heavy atom. The van der Waals surface area contributed by atoms with Crippen LogP contribution in [-0.4, -0.2) is 11.4 Å². The van der Waals surface area contributed by atoms with E-state index < -0.39 is 0 Å². The van der Waals surface area contributed by atoms with Crippen LogP contribution in [0.15, 0.2) is 70.7 Å². The van der Waals surface area contributed by atoms with Gasteiger partial charge in [0.2, 0.25) is 0 Å². The van der Waals surface area contributed by atoms with E-state index in [1.165, 1.54) is 24.0 Å². The van der Waals surface area contributed by atoms with Crippen LogP contribution in [0.4, 0.5) is 11.4 Å². The van der Waals surface area contributed by atoms with Gasteiger partial charge in [-0.05, 0) is 68.0 Å². The summed E-state index contributed by atoms with van der Waals surface area (Å²) in [5, 5.41) is 0. The number of nitrogens with zero attached hydrogens (tertiary/aromatic N) is 2. The van der Waals surface area contributed by atoms with Crippen LogP contribution in [0.2, 0.25) is 0 Å². The summed E-state index contributed by atoms with van der Waals surface area (Å²) in [5.41, 5.74) is 6.44. The van der Waals surface area contributed by atoms with Crippen molar-refractivity contribution in [3.8, 4) is 0 Å². The van der Waals surface area contributed by atoms with Gasteiger partial charge >= 0.3 is 0 Å². The summed E-state index contributed by atoms with van der Waals surface area (Å²) in [6.07, 6.45) is 16.6. The summed E-state index contributed by atoms with van der Waals surface area (Å²) in [7, 11) is 0. The molecular weight excluding hydrogens is 435 g/mol. The summed E-state index contributed by atoms with van der Waals surface area (Å²) in [6.45, 7) is 8.70. The van der Waals surface area contributed by atoms with Crippen LogP contribution < -0.4 is 0 Å². The summed E-state index contributed by atoms with van der Waals surface area (Å²) < 4.78 is 0. The molecule has 0 atom stereocenters. The van der Waals surface area contributed by atoms with Gasteiger partial charge in [0.1, 0.15) is 0 Å². The molecule has 0 aliphatic carbocycles. The second-order valence-corrected chi connectivity index (χ2v) is 7.93. The Morgan fingerprint density at radius 2 is 1.28 bits per heavy atom. The fourth-order valence-electron chi connectivity index (χ4n) is 3.24. The van der Waals surface area contributed by atoms with E-state index in [1.807, 2.05) is 0 Å². The van der Waals surface area contributed by atoms with Crippen LogP contribution in [0.1, 0.15) is 83.8 Å². The molecule has 0 unspecified atom stereocenters. The van der Waals surface area contributed by atoms with Crippen LogP contribution >= 0.6 is 0 Å². The molecule has 2 aromatic rings. The number of hydrogen-bond donors (Lipinski definition) is 0. The molecule has 2 aromatic carbocycles. The Kier molecular flexibility index (Phi) is 14.2. The van der Waals surface area contributed by atoms with Gasteiger partial charge in [-0.25, -0.2) is 0 Å². The molecule has 32 heavy (non-hydrogen) atoms. The van der Waals surface area contributed by atoms with E-state index in [4.69, 9.17) is 9.98 Å². The molecule has 0 saturated heterocycles. The fraction of sp³-hybridized carbons (Fsp3) is 0.379. The van der Waals surface area contributed by atoms with Gasteiger partial charge in [0.15, 0.2) is 0 Å². The molecule has 0 aliphatic rings. The average Bonchev–Trinajstić information content (AvgIpc) is 2.77. The van der Waals surface area contributed by atoms with E-state index in [0.717, 1.165) is 54.9 Å². The SMILES string of the molecule is CCCC=Cc1cccc(N=C(C)C(CCCC)=Nc2cccc(C=CCCC)c2)c1.[Ni]. The molecular formula is C29H38N2Ni. The van der Waals surface area contributed by atoms with Gasteiger partial charge in [-0.1, -0.05) is 88.6 Å². The molecule has 0 fully saturated rings. The van der Waals surface area contributed by atoms with Crippen molar-refractivity contribution in [2.24, 2.45) is 9.98 Å². The van der Waals surface area contributed by atoms with E-state index in [2.05, 4.69) is 101 Å². The second kappa shape index (κ2) is 16.4. The van der Waals surface area contributed by atoms with Crippen molar-refractivity contribution < 1.29 is 16.5 Å². The molecule has 2 rings (SSSR count). The largest absolute Gasteiger partial charge is 0.252 e. The molecule has 0 radical (unpaired) electrons. The molecule has 0 amide bonds. The van der Waals surface area contributed by atoms with Crippen LogP contribution in [0.25, 0.3) is 12.2 Å². The van der Waals surface area contributed by atoms with Crippen molar-refractivity contribution in [1.29, 1.82) is 0 Å². The number of rotatable bonds is 12. The molecule has 0 saturated carbocycles. The summed E-state index contributed by atoms with van der Waals surface area (Å²) in [5.74, 6) is 0. The van der Waals surface area contributed by atoms with Gasteiger partial charge < -0.3 is 0 Å². The van der Waals surface area contributed by atoms with E-state index in [1.54, 1.807) is 0 Å². The number of benzene rings is 2. The van der Waals surface area contributed by atoms with Crippen molar-refractivity contribution in [3.05, 3.63) is 71.8 Å². The molecule has 0 bridgehead atoms. The van der Waals surface area contributed by atoms with Gasteiger partial charge in [0.05, 0.1) is 22.8 Å². The monoisotopic (exact) mass is 472 g/mol. The molecule has 0 aliphatic heterocycles. The number of aliphatic imine (C=N–C) groups is 2. The third kappa shape index (κ3) is 10.4. The zero-order valence-corrected chi connectivity index (χ0v) is 21.1. The molecule has 0 spiro atoms. The third-order valence-electron chi connectivity index (χ3n) is 5.02. The van der Waals surface area contributed by atoms with Crippen molar-refractivity contribution in [2.45, 2.75) is 72.6 Å². The Hall–Kier alpha value is -2.25. The predicted octanol–water partition coefficient (Wildman–Crippen LogP) is 9.37. The Morgan fingerprint density at radius 1 is 0.750 bits per heavy atom. The Balaban J connectivity index is 0.00000512. The molecule has 3 heteroatoms. The first kappa shape index (κ1) is 27.8. The molecule has 174 valence electrons. The van der Waals surface area contributed by atoms with Crippen molar-refractivity contribution in [3.63, 3.8) is 0 Å². The van der Waals surface area contributed by atoms with Gasteiger partial charge in [-0.2, -0.15) is 0 Å². The molecule has 0 aromatic heterocycles. The number of hydrogen-bond acceptors (Lipinski definition) is 2. The first-order chi connectivity index (χ1) is 15.2. The van der Waals surface area contributed by atoms with Gasteiger partial charge in [-0.15, -0.1) is 0 Å². The van der Waals surface area contributed by atoms with E-state index >= 15 is 0 Å². The normalized spacial score (nSPS) is 12.5. The van der Waals surface area contributed by atoms with Gasteiger partial charge in [-0.3, -0.25) is 9.98 Å². The van der Waals surface area contributed by atoms with Crippen molar-refractivity contribution >= 4 is 35.0 Å². The standard InChI is InChI=1S/C29H38N2.Ni/c1-5-8-11-15-25-17-13-19-27(22-25)30-24(4)29(21-10-7-3)31-28-20-14-18-26(23-28)16-12-9-6-2;/h11-20,22-23H,5-10,21H2,1-4H3;. The molecule has 2 nitrogen and oxygen atoms in total. The smallest absolute Gasteiger partial charge is 0.0639 e. The first-order valence-electron chi connectivity index (χ1n) is 11.8. The first-order valence-corrected chi connectivity index (χ1v) is 11.8. The molecule has 0 heterocycles. The minimum Gasteiger partial charge on any atom is -0.252 e. The minimum atomic E-state index is 0. The van der Waals surface area contributed by atoms with Crippen LogP contribution in [0, 0.1) is 0 Å². The van der Waals surface area contributed by atoms with Crippen LogP contribution in [0.5, 0.6) is 0 Å². The number of allylic oxidation sites excluding steroid dienone is 2. The maximum atomic E-state index is 5.00. The Bertz CT molecular complexity index is 922. The van der Waals surface area contributed by atoms with E-state index in [9.17, 15) is 0 Å². The second-order valence-electron chi connectivity index (χ2n) is 7.93. The summed E-state index contributed by atoms with van der Waals surface area (Å²) in [4.78, 5) is 9.92. The van der Waals surface area contributed by atoms with Crippen LogP contribution in [-0.2, 0) is 16.5 Å². The third-order valence-corrected chi connectivity index (χ3v) is 5.02.